The number of rotatable bonds is 3. The molecule has 0 amide bonds. The topological polar surface area (TPSA) is 37.4 Å². The minimum Gasteiger partial charge on any atom is -0.378 e. The highest BCUT2D eigenvalue weighted by Crippen LogP contribution is 2.32. The molecule has 0 saturated heterocycles. The van der Waals surface area contributed by atoms with E-state index in [4.69, 9.17) is 10.7 Å². The molecule has 1 aromatic carbocycles. The van der Waals surface area contributed by atoms with Gasteiger partial charge in [-0.2, -0.15) is 0 Å². The van der Waals surface area contributed by atoms with Crippen LogP contribution in [-0.4, -0.2) is 22.5 Å². The van der Waals surface area contributed by atoms with E-state index < -0.39 is 9.05 Å². The van der Waals surface area contributed by atoms with Crippen LogP contribution < -0.4 is 4.90 Å². The van der Waals surface area contributed by atoms with E-state index in [1.165, 1.54) is 17.4 Å². The van der Waals surface area contributed by atoms with Crippen LogP contribution in [0, 0.1) is 0 Å². The molecule has 0 saturated carbocycles. The van der Waals surface area contributed by atoms with Gasteiger partial charge >= 0.3 is 0 Å². The number of benzene rings is 1. The Morgan fingerprint density at radius 2 is 1.67 bits per heavy atom. The second kappa shape index (κ2) is 4.91. The van der Waals surface area contributed by atoms with Crippen LogP contribution in [0.5, 0.6) is 0 Å². The van der Waals surface area contributed by atoms with Gasteiger partial charge in [-0.1, -0.05) is 12.1 Å². The van der Waals surface area contributed by atoms with Crippen LogP contribution in [0.2, 0.25) is 0 Å². The van der Waals surface area contributed by atoms with E-state index in [1.54, 1.807) is 6.07 Å². The molecule has 1 aromatic heterocycles. The summed E-state index contributed by atoms with van der Waals surface area (Å²) in [5, 5.41) is 0. The first-order chi connectivity index (χ1) is 8.38. The largest absolute Gasteiger partial charge is 0.378 e. The Hall–Kier alpha value is -1.04. The highest BCUT2D eigenvalue weighted by molar-refractivity contribution is 8.15. The first kappa shape index (κ1) is 13.4. The van der Waals surface area contributed by atoms with Gasteiger partial charge in [0, 0.05) is 35.3 Å². The third kappa shape index (κ3) is 2.85. The van der Waals surface area contributed by atoms with E-state index in [0.29, 0.717) is 0 Å². The average Bonchev–Trinajstić information content (AvgIpc) is 2.78. The van der Waals surface area contributed by atoms with Crippen molar-refractivity contribution in [3.8, 4) is 10.4 Å². The molecule has 3 nitrogen and oxygen atoms in total. The van der Waals surface area contributed by atoms with E-state index >= 15 is 0 Å². The summed E-state index contributed by atoms with van der Waals surface area (Å²) in [6.07, 6.45) is 0. The van der Waals surface area contributed by atoms with E-state index in [0.717, 1.165) is 16.1 Å². The number of anilines is 1. The van der Waals surface area contributed by atoms with Crippen molar-refractivity contribution in [1.82, 2.24) is 0 Å². The standard InChI is InChI=1S/C12H12ClNO2S2/c1-14(2)10-5-3-9(4-6-10)11-7-8-12(17-11)18(13,15)16/h3-8H,1-2H3. The number of halogens is 1. The molecule has 6 heteroatoms. The summed E-state index contributed by atoms with van der Waals surface area (Å²) in [6.45, 7) is 0. The van der Waals surface area contributed by atoms with E-state index in [1.807, 2.05) is 43.3 Å². The van der Waals surface area contributed by atoms with Crippen LogP contribution in [0.4, 0.5) is 5.69 Å². The van der Waals surface area contributed by atoms with E-state index in [9.17, 15) is 8.42 Å². The zero-order chi connectivity index (χ0) is 13.3. The highest BCUT2D eigenvalue weighted by Gasteiger charge is 2.13. The molecule has 0 aliphatic carbocycles. The van der Waals surface area contributed by atoms with Crippen molar-refractivity contribution in [2.45, 2.75) is 4.21 Å². The van der Waals surface area contributed by atoms with Crippen LogP contribution in [-0.2, 0) is 9.05 Å². The molecule has 18 heavy (non-hydrogen) atoms. The fourth-order valence-corrected chi connectivity index (χ4v) is 3.61. The summed E-state index contributed by atoms with van der Waals surface area (Å²) in [5.41, 5.74) is 2.08. The predicted octanol–water partition coefficient (Wildman–Crippen LogP) is 3.41. The van der Waals surface area contributed by atoms with Crippen LogP contribution >= 0.6 is 22.0 Å². The molecule has 0 unspecified atom stereocenters. The van der Waals surface area contributed by atoms with Crippen LogP contribution in [0.1, 0.15) is 0 Å². The number of hydrogen-bond donors (Lipinski definition) is 0. The normalized spacial score (nSPS) is 11.5. The zero-order valence-corrected chi connectivity index (χ0v) is 12.3. The SMILES string of the molecule is CN(C)c1ccc(-c2ccc(S(=O)(=O)Cl)s2)cc1. The molecule has 0 bridgehead atoms. The average molecular weight is 302 g/mol. The third-order valence-corrected chi connectivity index (χ3v) is 5.72. The minimum atomic E-state index is -3.63. The van der Waals surface area contributed by atoms with E-state index in [2.05, 4.69) is 0 Å². The maximum absolute atomic E-state index is 11.2. The molecule has 96 valence electrons. The smallest absolute Gasteiger partial charge is 0.270 e. The van der Waals surface area contributed by atoms with Gasteiger partial charge in [0.15, 0.2) is 0 Å². The zero-order valence-electron chi connectivity index (χ0n) is 9.92. The molecule has 2 aromatic rings. The van der Waals surface area contributed by atoms with Gasteiger partial charge < -0.3 is 4.90 Å². The molecule has 0 aliphatic rings. The van der Waals surface area contributed by atoms with Gasteiger partial charge in [0.25, 0.3) is 9.05 Å². The molecule has 0 spiro atoms. The quantitative estimate of drug-likeness (QED) is 0.815. The second-order valence-corrected chi connectivity index (χ2v) is 7.87. The summed E-state index contributed by atoms with van der Waals surface area (Å²) in [5.74, 6) is 0. The fourth-order valence-electron chi connectivity index (χ4n) is 1.53. The van der Waals surface area contributed by atoms with Crippen molar-refractivity contribution in [3.63, 3.8) is 0 Å². The molecular weight excluding hydrogens is 290 g/mol. The molecular formula is C12H12ClNO2S2. The maximum Gasteiger partial charge on any atom is 0.270 e. The minimum absolute atomic E-state index is 0.177. The first-order valence-corrected chi connectivity index (χ1v) is 8.33. The monoisotopic (exact) mass is 301 g/mol. The first-order valence-electron chi connectivity index (χ1n) is 5.20. The lowest BCUT2D eigenvalue weighted by Crippen LogP contribution is -2.07. The molecule has 0 radical (unpaired) electrons. The Balaban J connectivity index is 2.35. The van der Waals surface area contributed by atoms with Crippen molar-refractivity contribution >= 4 is 36.8 Å². The van der Waals surface area contributed by atoms with Gasteiger partial charge in [-0.3, -0.25) is 0 Å². The number of nitrogens with zero attached hydrogens (tertiary/aromatic N) is 1. The predicted molar refractivity (Wildman–Crippen MR) is 77.1 cm³/mol. The van der Waals surface area contributed by atoms with Gasteiger partial charge in [0.1, 0.15) is 4.21 Å². The Labute approximate surface area is 115 Å². The summed E-state index contributed by atoms with van der Waals surface area (Å²) in [6, 6.07) is 11.2. The Morgan fingerprint density at radius 3 is 2.11 bits per heavy atom. The summed E-state index contributed by atoms with van der Waals surface area (Å²) in [4.78, 5) is 2.90. The third-order valence-electron chi connectivity index (χ3n) is 2.49. The van der Waals surface area contributed by atoms with E-state index in [-0.39, 0.29) is 4.21 Å². The molecule has 2 rings (SSSR count). The van der Waals surface area contributed by atoms with Gasteiger partial charge in [0.2, 0.25) is 0 Å². The van der Waals surface area contributed by atoms with Crippen molar-refractivity contribution in [2.24, 2.45) is 0 Å². The molecule has 0 atom stereocenters. The summed E-state index contributed by atoms with van der Waals surface area (Å²) < 4.78 is 22.6. The van der Waals surface area contributed by atoms with Crippen molar-refractivity contribution < 1.29 is 8.42 Å². The Morgan fingerprint density at radius 1 is 1.06 bits per heavy atom. The van der Waals surface area contributed by atoms with Gasteiger partial charge in [-0.05, 0) is 29.8 Å². The maximum atomic E-state index is 11.2. The Kier molecular flexibility index (Phi) is 3.66. The number of hydrogen-bond acceptors (Lipinski definition) is 4. The fraction of sp³-hybridized carbons (Fsp3) is 0.167. The van der Waals surface area contributed by atoms with Crippen molar-refractivity contribution in [1.29, 1.82) is 0 Å². The molecule has 0 fully saturated rings. The summed E-state index contributed by atoms with van der Waals surface area (Å²) in [7, 11) is 5.61. The van der Waals surface area contributed by atoms with Gasteiger partial charge in [-0.25, -0.2) is 8.42 Å². The molecule has 0 N–H and O–H groups in total. The van der Waals surface area contributed by atoms with Crippen molar-refractivity contribution in [3.05, 3.63) is 36.4 Å². The lowest BCUT2D eigenvalue weighted by molar-refractivity contribution is 0.611. The molecule has 0 aliphatic heterocycles. The summed E-state index contributed by atoms with van der Waals surface area (Å²) >= 11 is 1.17. The Bertz CT molecular complexity index is 645. The van der Waals surface area contributed by atoms with Gasteiger partial charge in [-0.15, -0.1) is 11.3 Å². The van der Waals surface area contributed by atoms with Crippen molar-refractivity contribution in [2.75, 3.05) is 19.0 Å². The van der Waals surface area contributed by atoms with Crippen LogP contribution in [0.15, 0.2) is 40.6 Å². The lowest BCUT2D eigenvalue weighted by Gasteiger charge is -2.12. The van der Waals surface area contributed by atoms with Gasteiger partial charge in [0.05, 0.1) is 0 Å². The second-order valence-electron chi connectivity index (χ2n) is 4.00. The highest BCUT2D eigenvalue weighted by atomic mass is 35.7. The molecule has 1 heterocycles. The van der Waals surface area contributed by atoms with Crippen LogP contribution in [0.25, 0.3) is 10.4 Å². The number of thiophene rings is 1. The van der Waals surface area contributed by atoms with Crippen LogP contribution in [0.3, 0.4) is 0 Å². The lowest BCUT2D eigenvalue weighted by atomic mass is 10.2.